The molecule has 0 radical (unpaired) electrons. The highest BCUT2D eigenvalue weighted by molar-refractivity contribution is 5.80. The van der Waals surface area contributed by atoms with E-state index in [0.717, 1.165) is 12.8 Å². The number of carbonyl (C=O) groups is 1. The highest BCUT2D eigenvalue weighted by Crippen LogP contribution is 2.27. The smallest absolute Gasteiger partial charge is 0.138 e. The minimum absolute atomic E-state index is 0.147. The molecular weight excluding hydrogens is 152 g/mol. The van der Waals surface area contributed by atoms with Crippen LogP contribution < -0.4 is 0 Å². The maximum absolute atomic E-state index is 11.2. The van der Waals surface area contributed by atoms with Crippen LogP contribution in [0.3, 0.4) is 0 Å². The summed E-state index contributed by atoms with van der Waals surface area (Å²) in [6.07, 6.45) is 4.58. The fourth-order valence-corrected chi connectivity index (χ4v) is 1.68. The van der Waals surface area contributed by atoms with Crippen molar-refractivity contribution in [1.29, 1.82) is 0 Å². The number of hydrogen-bond donors (Lipinski definition) is 0. The summed E-state index contributed by atoms with van der Waals surface area (Å²) < 4.78 is 5.62. The molecule has 1 aliphatic rings. The third kappa shape index (κ3) is 2.59. The van der Waals surface area contributed by atoms with Crippen molar-refractivity contribution in [3.8, 4) is 0 Å². The third-order valence-electron chi connectivity index (χ3n) is 2.46. The van der Waals surface area contributed by atoms with Crippen molar-refractivity contribution in [3.63, 3.8) is 0 Å². The van der Waals surface area contributed by atoms with Crippen molar-refractivity contribution in [2.45, 2.75) is 51.6 Å². The van der Waals surface area contributed by atoms with E-state index < -0.39 is 0 Å². The van der Waals surface area contributed by atoms with Crippen LogP contribution in [0, 0.1) is 0 Å². The molecule has 0 amide bonds. The summed E-state index contributed by atoms with van der Waals surface area (Å²) in [7, 11) is 0. The Hall–Kier alpha value is -0.370. The molecule has 0 aliphatic carbocycles. The first-order valence-electron chi connectivity index (χ1n) is 4.82. The van der Waals surface area contributed by atoms with E-state index in [1.54, 1.807) is 0 Å². The van der Waals surface area contributed by atoms with Crippen LogP contribution in [0.2, 0.25) is 0 Å². The van der Waals surface area contributed by atoms with Gasteiger partial charge in [0.2, 0.25) is 0 Å². The molecule has 0 bridgehead atoms. The summed E-state index contributed by atoms with van der Waals surface area (Å²) in [5, 5.41) is 0. The lowest BCUT2D eigenvalue weighted by molar-refractivity contribution is -0.138. The van der Waals surface area contributed by atoms with Gasteiger partial charge >= 0.3 is 0 Å². The van der Waals surface area contributed by atoms with Crippen LogP contribution in [0.15, 0.2) is 0 Å². The van der Waals surface area contributed by atoms with E-state index >= 15 is 0 Å². The Morgan fingerprint density at radius 3 is 2.92 bits per heavy atom. The van der Waals surface area contributed by atoms with Crippen molar-refractivity contribution in [3.05, 3.63) is 0 Å². The van der Waals surface area contributed by atoms with Crippen molar-refractivity contribution in [2.24, 2.45) is 0 Å². The maximum Gasteiger partial charge on any atom is 0.138 e. The van der Waals surface area contributed by atoms with Gasteiger partial charge in [0.05, 0.1) is 12.2 Å². The number of Topliss-reactive ketones (excluding diaryl/α,β-unsaturated/α-hetero) is 1. The Morgan fingerprint density at radius 2 is 2.33 bits per heavy atom. The first kappa shape index (κ1) is 9.72. The predicted octanol–water partition coefficient (Wildman–Crippen LogP) is 2.31. The topological polar surface area (TPSA) is 26.3 Å². The van der Waals surface area contributed by atoms with Gasteiger partial charge in [0, 0.05) is 12.8 Å². The molecule has 1 rings (SSSR count). The highest BCUT2D eigenvalue weighted by atomic mass is 16.5. The molecule has 1 heterocycles. The summed E-state index contributed by atoms with van der Waals surface area (Å²) in [5.41, 5.74) is -0.147. The molecule has 1 fully saturated rings. The van der Waals surface area contributed by atoms with E-state index in [0.29, 0.717) is 25.2 Å². The molecule has 0 aromatic carbocycles. The monoisotopic (exact) mass is 170 g/mol. The number of hydrogen-bond acceptors (Lipinski definition) is 2. The molecular formula is C10H18O2. The van der Waals surface area contributed by atoms with Gasteiger partial charge < -0.3 is 4.74 Å². The lowest BCUT2D eigenvalue weighted by Gasteiger charge is -2.32. The molecule has 1 unspecified atom stereocenters. The van der Waals surface area contributed by atoms with Crippen molar-refractivity contribution < 1.29 is 9.53 Å². The molecule has 12 heavy (non-hydrogen) atoms. The van der Waals surface area contributed by atoms with Crippen LogP contribution in [-0.4, -0.2) is 18.0 Å². The molecule has 0 spiro atoms. The van der Waals surface area contributed by atoms with Gasteiger partial charge in [0.25, 0.3) is 0 Å². The fourth-order valence-electron chi connectivity index (χ4n) is 1.68. The molecule has 0 aromatic rings. The van der Waals surface area contributed by atoms with Crippen LogP contribution in [0.4, 0.5) is 0 Å². The van der Waals surface area contributed by atoms with Crippen LogP contribution in [0.1, 0.15) is 46.0 Å². The maximum atomic E-state index is 11.2. The minimum atomic E-state index is -0.147. The summed E-state index contributed by atoms with van der Waals surface area (Å²) >= 11 is 0. The van der Waals surface area contributed by atoms with E-state index in [9.17, 15) is 4.79 Å². The van der Waals surface area contributed by atoms with E-state index in [2.05, 4.69) is 13.8 Å². The fraction of sp³-hybridized carbons (Fsp3) is 0.900. The molecule has 1 aliphatic heterocycles. The Labute approximate surface area is 74.3 Å². The number of ketones is 1. The molecule has 2 nitrogen and oxygen atoms in total. The summed E-state index contributed by atoms with van der Waals surface area (Å²) in [6.45, 7) is 4.84. The van der Waals surface area contributed by atoms with Crippen LogP contribution in [-0.2, 0) is 9.53 Å². The van der Waals surface area contributed by atoms with Gasteiger partial charge in [-0.05, 0) is 13.3 Å². The lowest BCUT2D eigenvalue weighted by Crippen LogP contribution is -2.37. The zero-order chi connectivity index (χ0) is 9.03. The van der Waals surface area contributed by atoms with Crippen LogP contribution >= 0.6 is 0 Å². The largest absolute Gasteiger partial charge is 0.374 e. The predicted molar refractivity (Wildman–Crippen MR) is 48.1 cm³/mol. The van der Waals surface area contributed by atoms with Gasteiger partial charge in [-0.1, -0.05) is 19.8 Å². The molecule has 1 atom stereocenters. The van der Waals surface area contributed by atoms with Gasteiger partial charge in [-0.15, -0.1) is 0 Å². The second kappa shape index (κ2) is 4.04. The molecule has 1 saturated heterocycles. The number of ether oxygens (including phenoxy) is 1. The van der Waals surface area contributed by atoms with Crippen molar-refractivity contribution >= 4 is 5.78 Å². The first-order valence-corrected chi connectivity index (χ1v) is 4.82. The minimum Gasteiger partial charge on any atom is -0.374 e. The lowest BCUT2D eigenvalue weighted by atomic mass is 9.90. The Kier molecular flexibility index (Phi) is 3.27. The Balaban J connectivity index is 2.40. The normalized spacial score (nSPS) is 30.7. The Bertz CT molecular complexity index is 165. The average molecular weight is 170 g/mol. The van der Waals surface area contributed by atoms with Gasteiger partial charge in [-0.3, -0.25) is 4.79 Å². The molecule has 70 valence electrons. The Morgan fingerprint density at radius 1 is 1.58 bits per heavy atom. The van der Waals surface area contributed by atoms with E-state index in [4.69, 9.17) is 4.74 Å². The van der Waals surface area contributed by atoms with Gasteiger partial charge in [-0.25, -0.2) is 0 Å². The molecule has 0 aromatic heterocycles. The SMILES string of the molecule is CCCCC1(C)CC(=O)CCO1. The van der Waals surface area contributed by atoms with Crippen LogP contribution in [0.25, 0.3) is 0 Å². The second-order valence-electron chi connectivity index (χ2n) is 3.87. The highest BCUT2D eigenvalue weighted by Gasteiger charge is 2.31. The van der Waals surface area contributed by atoms with Gasteiger partial charge in [0.1, 0.15) is 5.78 Å². The summed E-state index contributed by atoms with van der Waals surface area (Å²) in [5.74, 6) is 0.361. The zero-order valence-corrected chi connectivity index (χ0v) is 8.06. The average Bonchev–Trinajstić information content (AvgIpc) is 2.01. The molecule has 0 saturated carbocycles. The summed E-state index contributed by atoms with van der Waals surface area (Å²) in [6, 6.07) is 0. The molecule has 0 N–H and O–H groups in total. The number of rotatable bonds is 3. The van der Waals surface area contributed by atoms with Gasteiger partial charge in [0.15, 0.2) is 0 Å². The van der Waals surface area contributed by atoms with E-state index in [1.165, 1.54) is 6.42 Å². The van der Waals surface area contributed by atoms with Crippen LogP contribution in [0.5, 0.6) is 0 Å². The van der Waals surface area contributed by atoms with E-state index in [-0.39, 0.29) is 5.60 Å². The second-order valence-corrected chi connectivity index (χ2v) is 3.87. The van der Waals surface area contributed by atoms with Crippen molar-refractivity contribution in [2.75, 3.05) is 6.61 Å². The molecule has 2 heteroatoms. The summed E-state index contributed by atoms with van der Waals surface area (Å²) in [4.78, 5) is 11.2. The number of unbranched alkanes of at least 4 members (excludes halogenated alkanes) is 1. The van der Waals surface area contributed by atoms with E-state index in [1.807, 2.05) is 0 Å². The first-order chi connectivity index (χ1) is 5.66. The third-order valence-corrected chi connectivity index (χ3v) is 2.46. The standard InChI is InChI=1S/C10H18O2/c1-3-4-6-10(2)8-9(11)5-7-12-10/h3-8H2,1-2H3. The van der Waals surface area contributed by atoms with Gasteiger partial charge in [-0.2, -0.15) is 0 Å². The zero-order valence-electron chi connectivity index (χ0n) is 8.06. The van der Waals surface area contributed by atoms with Crippen molar-refractivity contribution in [1.82, 2.24) is 0 Å². The quantitative estimate of drug-likeness (QED) is 0.649. The number of carbonyl (C=O) groups excluding carboxylic acids is 1.